The van der Waals surface area contributed by atoms with Crippen LogP contribution in [0.15, 0.2) is 32.7 Å². The van der Waals surface area contributed by atoms with Gasteiger partial charge in [0.05, 0.1) is 0 Å². The van der Waals surface area contributed by atoms with Crippen LogP contribution in [0.1, 0.15) is 31.2 Å². The molecule has 0 radical (unpaired) electrons. The van der Waals surface area contributed by atoms with Crippen LogP contribution in [0, 0.1) is 0 Å². The first-order chi connectivity index (χ1) is 8.20. The van der Waals surface area contributed by atoms with Gasteiger partial charge in [-0.25, -0.2) is 0 Å². The van der Waals surface area contributed by atoms with Gasteiger partial charge in [-0.1, -0.05) is 18.0 Å². The Morgan fingerprint density at radius 2 is 2.12 bits per heavy atom. The molecule has 5 heteroatoms. The van der Waals surface area contributed by atoms with Gasteiger partial charge < -0.3 is 10.9 Å². The summed E-state index contributed by atoms with van der Waals surface area (Å²) in [7, 11) is 0. The number of amidine groups is 1. The highest BCUT2D eigenvalue weighted by Crippen LogP contribution is 2.36. The number of hydrogen-bond donors (Lipinski definition) is 2. The number of halogens is 1. The molecule has 0 amide bonds. The van der Waals surface area contributed by atoms with Gasteiger partial charge in [-0.05, 0) is 47.0 Å². The summed E-state index contributed by atoms with van der Waals surface area (Å²) in [5.41, 5.74) is 6.30. The van der Waals surface area contributed by atoms with Crippen molar-refractivity contribution in [3.8, 4) is 0 Å². The Hall–Kier alpha value is -0.680. The van der Waals surface area contributed by atoms with Gasteiger partial charge in [-0.3, -0.25) is 0 Å². The van der Waals surface area contributed by atoms with E-state index in [9.17, 15) is 0 Å². The molecule has 1 aromatic carbocycles. The minimum absolute atomic E-state index is 0.134. The average molecular weight is 315 g/mol. The second-order valence-corrected chi connectivity index (χ2v) is 6.38. The van der Waals surface area contributed by atoms with Gasteiger partial charge in [-0.2, -0.15) is 0 Å². The van der Waals surface area contributed by atoms with Crippen LogP contribution in [0.5, 0.6) is 0 Å². The molecule has 0 aliphatic heterocycles. The largest absolute Gasteiger partial charge is 0.409 e. The van der Waals surface area contributed by atoms with Gasteiger partial charge in [0.2, 0.25) is 0 Å². The molecule has 1 aromatic rings. The molecular formula is C12H15BrN2OS. The summed E-state index contributed by atoms with van der Waals surface area (Å²) in [6, 6.07) is 5.95. The van der Waals surface area contributed by atoms with E-state index >= 15 is 0 Å². The highest BCUT2D eigenvalue weighted by molar-refractivity contribution is 9.10. The molecule has 3 nitrogen and oxygen atoms in total. The van der Waals surface area contributed by atoms with E-state index < -0.39 is 0 Å². The van der Waals surface area contributed by atoms with Crippen molar-refractivity contribution in [2.24, 2.45) is 10.9 Å². The molecule has 0 saturated heterocycles. The maximum atomic E-state index is 8.65. The summed E-state index contributed by atoms with van der Waals surface area (Å²) < 4.78 is 0.871. The summed E-state index contributed by atoms with van der Waals surface area (Å²) in [6.45, 7) is 0. The third kappa shape index (κ3) is 3.16. The monoisotopic (exact) mass is 314 g/mol. The van der Waals surface area contributed by atoms with Gasteiger partial charge in [0.25, 0.3) is 0 Å². The smallest absolute Gasteiger partial charge is 0.171 e. The predicted molar refractivity (Wildman–Crippen MR) is 74.8 cm³/mol. The Balaban J connectivity index is 2.12. The first kappa shape index (κ1) is 12.8. The summed E-state index contributed by atoms with van der Waals surface area (Å²) >= 11 is 5.37. The molecule has 1 saturated carbocycles. The van der Waals surface area contributed by atoms with Gasteiger partial charge in [0.15, 0.2) is 5.84 Å². The maximum Gasteiger partial charge on any atom is 0.171 e. The molecule has 3 N–H and O–H groups in total. The Kier molecular flexibility index (Phi) is 4.34. The van der Waals surface area contributed by atoms with Crippen molar-refractivity contribution in [2.75, 3.05) is 0 Å². The van der Waals surface area contributed by atoms with Crippen LogP contribution < -0.4 is 5.73 Å². The summed E-state index contributed by atoms with van der Waals surface area (Å²) in [5.74, 6) is 0.134. The Bertz CT molecular complexity index is 431. The van der Waals surface area contributed by atoms with Crippen LogP contribution >= 0.6 is 27.7 Å². The lowest BCUT2D eigenvalue weighted by molar-refractivity contribution is 0.318. The standard InChI is InChI=1S/C12H15BrN2OS/c13-11-7-9(17-8-3-1-2-4-8)5-6-10(11)12(14)15-16/h5-8,16H,1-4H2,(H2,14,15). The van der Waals surface area contributed by atoms with Crippen molar-refractivity contribution in [2.45, 2.75) is 35.8 Å². The highest BCUT2D eigenvalue weighted by atomic mass is 79.9. The molecule has 92 valence electrons. The molecule has 0 atom stereocenters. The maximum absolute atomic E-state index is 8.65. The summed E-state index contributed by atoms with van der Waals surface area (Å²) in [4.78, 5) is 1.23. The van der Waals surface area contributed by atoms with Crippen LogP contribution in [0.3, 0.4) is 0 Å². The number of nitrogens with zero attached hydrogens (tertiary/aromatic N) is 1. The fourth-order valence-corrected chi connectivity index (χ4v) is 4.05. The third-order valence-corrected chi connectivity index (χ3v) is 4.92. The minimum atomic E-state index is 0.134. The number of nitrogens with two attached hydrogens (primary N) is 1. The number of oxime groups is 1. The zero-order valence-electron chi connectivity index (χ0n) is 9.40. The van der Waals surface area contributed by atoms with E-state index in [1.165, 1.54) is 30.6 Å². The molecular weight excluding hydrogens is 300 g/mol. The molecule has 1 aliphatic carbocycles. The van der Waals surface area contributed by atoms with E-state index in [4.69, 9.17) is 10.9 Å². The fraction of sp³-hybridized carbons (Fsp3) is 0.417. The molecule has 0 unspecified atom stereocenters. The molecule has 1 aliphatic rings. The first-order valence-corrected chi connectivity index (χ1v) is 7.32. The molecule has 17 heavy (non-hydrogen) atoms. The lowest BCUT2D eigenvalue weighted by atomic mass is 10.2. The molecule has 0 bridgehead atoms. The number of benzene rings is 1. The second kappa shape index (κ2) is 5.78. The molecule has 0 heterocycles. The van der Waals surface area contributed by atoms with E-state index in [2.05, 4.69) is 21.1 Å². The Labute approximate surface area is 114 Å². The zero-order chi connectivity index (χ0) is 12.3. The predicted octanol–water partition coefficient (Wildman–Crippen LogP) is 3.58. The molecule has 0 spiro atoms. The van der Waals surface area contributed by atoms with E-state index in [0.29, 0.717) is 0 Å². The number of thioether (sulfide) groups is 1. The van der Waals surface area contributed by atoms with Crippen LogP contribution in [-0.4, -0.2) is 16.3 Å². The molecule has 1 fully saturated rings. The minimum Gasteiger partial charge on any atom is -0.409 e. The lowest BCUT2D eigenvalue weighted by Crippen LogP contribution is -2.13. The van der Waals surface area contributed by atoms with Gasteiger partial charge in [0.1, 0.15) is 0 Å². The normalized spacial score (nSPS) is 17.6. The Morgan fingerprint density at radius 3 is 2.71 bits per heavy atom. The Morgan fingerprint density at radius 1 is 1.41 bits per heavy atom. The van der Waals surface area contributed by atoms with Crippen LogP contribution in [0.25, 0.3) is 0 Å². The van der Waals surface area contributed by atoms with Crippen molar-refractivity contribution in [3.05, 3.63) is 28.2 Å². The van der Waals surface area contributed by atoms with Crippen molar-refractivity contribution in [3.63, 3.8) is 0 Å². The van der Waals surface area contributed by atoms with Crippen molar-refractivity contribution in [1.82, 2.24) is 0 Å². The highest BCUT2D eigenvalue weighted by Gasteiger charge is 2.16. The van der Waals surface area contributed by atoms with Crippen molar-refractivity contribution < 1.29 is 5.21 Å². The van der Waals surface area contributed by atoms with E-state index in [1.54, 1.807) is 0 Å². The number of rotatable bonds is 3. The lowest BCUT2D eigenvalue weighted by Gasteiger charge is -2.10. The van der Waals surface area contributed by atoms with Crippen molar-refractivity contribution >= 4 is 33.5 Å². The second-order valence-electron chi connectivity index (χ2n) is 4.15. The van der Waals surface area contributed by atoms with Crippen molar-refractivity contribution in [1.29, 1.82) is 0 Å². The topological polar surface area (TPSA) is 58.6 Å². The summed E-state index contributed by atoms with van der Waals surface area (Å²) in [5, 5.41) is 12.4. The van der Waals surface area contributed by atoms with Gasteiger partial charge in [0, 0.05) is 20.2 Å². The SMILES string of the molecule is N/C(=N/O)c1ccc(SC2CCCC2)cc1Br. The average Bonchev–Trinajstić information content (AvgIpc) is 2.81. The van der Waals surface area contributed by atoms with Gasteiger partial charge >= 0.3 is 0 Å². The molecule has 2 rings (SSSR count). The quantitative estimate of drug-likeness (QED) is 0.388. The van der Waals surface area contributed by atoms with Gasteiger partial charge in [-0.15, -0.1) is 11.8 Å². The summed E-state index contributed by atoms with van der Waals surface area (Å²) in [6.07, 6.45) is 5.32. The van der Waals surface area contributed by atoms with Crippen LogP contribution in [0.2, 0.25) is 0 Å². The van der Waals surface area contributed by atoms with E-state index in [0.717, 1.165) is 15.3 Å². The van der Waals surface area contributed by atoms with Crippen LogP contribution in [-0.2, 0) is 0 Å². The fourth-order valence-electron chi connectivity index (χ4n) is 2.03. The van der Waals surface area contributed by atoms with Crippen LogP contribution in [0.4, 0.5) is 0 Å². The molecule has 0 aromatic heterocycles. The van der Waals surface area contributed by atoms with E-state index in [-0.39, 0.29) is 5.84 Å². The number of hydrogen-bond acceptors (Lipinski definition) is 3. The third-order valence-electron chi connectivity index (χ3n) is 2.93. The first-order valence-electron chi connectivity index (χ1n) is 5.65. The van der Waals surface area contributed by atoms with E-state index in [1.807, 2.05) is 30.0 Å². The zero-order valence-corrected chi connectivity index (χ0v) is 11.8.